The van der Waals surface area contributed by atoms with Crippen LogP contribution in [0.1, 0.15) is 46.2 Å². The molecule has 2 rings (SSSR count). The number of benzene rings is 2. The van der Waals surface area contributed by atoms with Crippen molar-refractivity contribution < 1.29 is 14.2 Å². The summed E-state index contributed by atoms with van der Waals surface area (Å²) in [6.45, 7) is 12.1. The van der Waals surface area contributed by atoms with E-state index in [9.17, 15) is 0 Å². The number of hydrogen-bond donors (Lipinski definition) is 0. The monoisotopic (exact) mass is 346 g/mol. The Bertz CT molecular complexity index is 601. The molecule has 0 heterocycles. The molecule has 0 amide bonds. The lowest BCUT2D eigenvalue weighted by molar-refractivity contribution is 0.241. The molecule has 0 fully saturated rings. The standard InChI is InChI=1S/C11H16O2.C10H14O.CH4/c1-8(2)13-10-6-5-9(3)11(7-10)12-4;1-8(2)11-10-6-4-9(3)5-7-10;/h5-8H,1-4H3;4-8H,1-3H3;1H4. The Labute approximate surface area is 153 Å². The summed E-state index contributed by atoms with van der Waals surface area (Å²) in [6.07, 6.45) is 0.463. The van der Waals surface area contributed by atoms with Gasteiger partial charge in [0.2, 0.25) is 0 Å². The van der Waals surface area contributed by atoms with Gasteiger partial charge in [-0.2, -0.15) is 0 Å². The largest absolute Gasteiger partial charge is 0.496 e. The molecule has 0 saturated heterocycles. The van der Waals surface area contributed by atoms with Crippen molar-refractivity contribution in [1.82, 2.24) is 0 Å². The van der Waals surface area contributed by atoms with E-state index >= 15 is 0 Å². The van der Waals surface area contributed by atoms with Gasteiger partial charge in [0, 0.05) is 6.07 Å². The Hall–Kier alpha value is -2.16. The van der Waals surface area contributed by atoms with Crippen LogP contribution in [0.2, 0.25) is 0 Å². The first-order valence-electron chi connectivity index (χ1n) is 8.36. The number of hydrogen-bond acceptors (Lipinski definition) is 3. The number of methoxy groups -OCH3 is 1. The first-order chi connectivity index (χ1) is 11.3. The molecule has 2 aromatic carbocycles. The molecule has 0 aliphatic carbocycles. The summed E-state index contributed by atoms with van der Waals surface area (Å²) in [5.41, 5.74) is 2.39. The molecule has 0 bridgehead atoms. The second-order valence-electron chi connectivity index (χ2n) is 6.28. The van der Waals surface area contributed by atoms with E-state index in [1.54, 1.807) is 7.11 Å². The zero-order valence-corrected chi connectivity index (χ0v) is 15.9. The van der Waals surface area contributed by atoms with Crippen molar-refractivity contribution in [2.75, 3.05) is 7.11 Å². The predicted molar refractivity (Wildman–Crippen MR) is 107 cm³/mol. The Morgan fingerprint density at radius 1 is 0.720 bits per heavy atom. The van der Waals surface area contributed by atoms with Crippen LogP contribution in [0.3, 0.4) is 0 Å². The maximum Gasteiger partial charge on any atom is 0.125 e. The van der Waals surface area contributed by atoms with Gasteiger partial charge in [-0.25, -0.2) is 0 Å². The van der Waals surface area contributed by atoms with E-state index in [1.165, 1.54) is 5.56 Å². The quantitative estimate of drug-likeness (QED) is 0.644. The molecule has 0 aliphatic heterocycles. The second kappa shape index (κ2) is 11.4. The third kappa shape index (κ3) is 9.04. The van der Waals surface area contributed by atoms with Crippen molar-refractivity contribution in [2.45, 2.75) is 61.2 Å². The molecule has 0 aromatic heterocycles. The Morgan fingerprint density at radius 2 is 1.20 bits per heavy atom. The fourth-order valence-corrected chi connectivity index (χ4v) is 2.03. The van der Waals surface area contributed by atoms with E-state index in [1.807, 2.05) is 65.0 Å². The third-order valence-corrected chi connectivity index (χ3v) is 3.14. The molecule has 0 atom stereocenters. The maximum absolute atomic E-state index is 5.53. The lowest BCUT2D eigenvalue weighted by atomic mass is 10.2. The van der Waals surface area contributed by atoms with E-state index in [-0.39, 0.29) is 19.6 Å². The van der Waals surface area contributed by atoms with Crippen LogP contribution in [0.15, 0.2) is 42.5 Å². The molecule has 0 unspecified atom stereocenters. The molecular formula is C22H34O3. The molecule has 140 valence electrons. The summed E-state index contributed by atoms with van der Waals surface area (Å²) >= 11 is 0. The minimum atomic E-state index is 0. The lowest BCUT2D eigenvalue weighted by Crippen LogP contribution is -2.05. The van der Waals surface area contributed by atoms with Gasteiger partial charge in [0.15, 0.2) is 0 Å². The van der Waals surface area contributed by atoms with Crippen LogP contribution in [-0.4, -0.2) is 19.3 Å². The highest BCUT2D eigenvalue weighted by Crippen LogP contribution is 2.24. The number of ether oxygens (including phenoxy) is 3. The molecule has 3 heteroatoms. The summed E-state index contributed by atoms with van der Waals surface area (Å²) in [6, 6.07) is 14.0. The fourth-order valence-electron chi connectivity index (χ4n) is 2.03. The summed E-state index contributed by atoms with van der Waals surface area (Å²) in [5.74, 6) is 2.68. The number of rotatable bonds is 5. The smallest absolute Gasteiger partial charge is 0.125 e. The van der Waals surface area contributed by atoms with Crippen molar-refractivity contribution in [3.05, 3.63) is 53.6 Å². The van der Waals surface area contributed by atoms with Crippen LogP contribution in [0.5, 0.6) is 17.2 Å². The average molecular weight is 347 g/mol. The van der Waals surface area contributed by atoms with Gasteiger partial charge < -0.3 is 14.2 Å². The van der Waals surface area contributed by atoms with Crippen LogP contribution in [0.25, 0.3) is 0 Å². The normalized spacial score (nSPS) is 9.80. The summed E-state index contributed by atoms with van der Waals surface area (Å²) in [4.78, 5) is 0. The first kappa shape index (κ1) is 22.8. The van der Waals surface area contributed by atoms with Gasteiger partial charge in [0.05, 0.1) is 19.3 Å². The molecule has 0 aliphatic rings. The third-order valence-electron chi connectivity index (χ3n) is 3.14. The van der Waals surface area contributed by atoms with Gasteiger partial charge >= 0.3 is 0 Å². The minimum absolute atomic E-state index is 0. The molecule has 2 aromatic rings. The van der Waals surface area contributed by atoms with E-state index < -0.39 is 0 Å². The van der Waals surface area contributed by atoms with E-state index in [4.69, 9.17) is 14.2 Å². The van der Waals surface area contributed by atoms with E-state index in [0.29, 0.717) is 0 Å². The molecule has 0 N–H and O–H groups in total. The summed E-state index contributed by atoms with van der Waals surface area (Å²) < 4.78 is 16.2. The van der Waals surface area contributed by atoms with Crippen molar-refractivity contribution >= 4 is 0 Å². The van der Waals surface area contributed by atoms with Gasteiger partial charge in [0.1, 0.15) is 17.2 Å². The van der Waals surface area contributed by atoms with Crippen molar-refractivity contribution in [1.29, 1.82) is 0 Å². The second-order valence-corrected chi connectivity index (χ2v) is 6.28. The van der Waals surface area contributed by atoms with Crippen molar-refractivity contribution in [2.24, 2.45) is 0 Å². The average Bonchev–Trinajstić information content (AvgIpc) is 2.51. The minimum Gasteiger partial charge on any atom is -0.496 e. The van der Waals surface area contributed by atoms with Crippen LogP contribution in [0.4, 0.5) is 0 Å². The molecule has 3 nitrogen and oxygen atoms in total. The van der Waals surface area contributed by atoms with Gasteiger partial charge in [-0.1, -0.05) is 31.2 Å². The zero-order valence-electron chi connectivity index (χ0n) is 15.9. The topological polar surface area (TPSA) is 27.7 Å². The van der Waals surface area contributed by atoms with Gasteiger partial charge in [-0.3, -0.25) is 0 Å². The SMILES string of the molecule is C.COc1cc(OC(C)C)ccc1C.Cc1ccc(OC(C)C)cc1. The van der Waals surface area contributed by atoms with Crippen LogP contribution in [0, 0.1) is 13.8 Å². The molecule has 0 spiro atoms. The number of aryl methyl sites for hydroxylation is 2. The molecule has 25 heavy (non-hydrogen) atoms. The van der Waals surface area contributed by atoms with Crippen molar-refractivity contribution in [3.63, 3.8) is 0 Å². The maximum atomic E-state index is 5.53. The van der Waals surface area contributed by atoms with E-state index in [2.05, 4.69) is 19.1 Å². The summed E-state index contributed by atoms with van der Waals surface area (Å²) in [5, 5.41) is 0. The first-order valence-corrected chi connectivity index (χ1v) is 8.36. The van der Waals surface area contributed by atoms with Crippen molar-refractivity contribution in [3.8, 4) is 17.2 Å². The zero-order chi connectivity index (χ0) is 18.1. The van der Waals surface area contributed by atoms with Crippen LogP contribution >= 0.6 is 0 Å². The van der Waals surface area contributed by atoms with Crippen LogP contribution in [-0.2, 0) is 0 Å². The van der Waals surface area contributed by atoms with E-state index in [0.717, 1.165) is 22.8 Å². The highest BCUT2D eigenvalue weighted by molar-refractivity contribution is 5.39. The highest BCUT2D eigenvalue weighted by Gasteiger charge is 2.02. The lowest BCUT2D eigenvalue weighted by Gasteiger charge is -2.11. The summed E-state index contributed by atoms with van der Waals surface area (Å²) in [7, 11) is 1.67. The predicted octanol–water partition coefficient (Wildman–Crippen LogP) is 6.21. The van der Waals surface area contributed by atoms with Gasteiger partial charge in [-0.05, 0) is 65.3 Å². The Balaban J connectivity index is 0.000000449. The highest BCUT2D eigenvalue weighted by atomic mass is 16.5. The van der Waals surface area contributed by atoms with Crippen LogP contribution < -0.4 is 14.2 Å². The fraction of sp³-hybridized carbons (Fsp3) is 0.455. The molecular weight excluding hydrogens is 312 g/mol. The van der Waals surface area contributed by atoms with Gasteiger partial charge in [-0.15, -0.1) is 0 Å². The van der Waals surface area contributed by atoms with Gasteiger partial charge in [0.25, 0.3) is 0 Å². The molecule has 0 radical (unpaired) electrons. The Morgan fingerprint density at radius 3 is 1.68 bits per heavy atom. The Kier molecular flexibility index (Phi) is 10.4. The molecule has 0 saturated carbocycles.